The van der Waals surface area contributed by atoms with Crippen molar-refractivity contribution in [1.29, 1.82) is 0 Å². The largest absolute Gasteiger partial charge is 0.387 e. The van der Waals surface area contributed by atoms with E-state index in [2.05, 4.69) is 0 Å². The van der Waals surface area contributed by atoms with Gasteiger partial charge < -0.3 is 25.2 Å². The van der Waals surface area contributed by atoms with Crippen LogP contribution in [0.1, 0.15) is 0 Å². The predicted molar refractivity (Wildman–Crippen MR) is 34.4 cm³/mol. The van der Waals surface area contributed by atoms with Gasteiger partial charge >= 0.3 is 6.23 Å². The zero-order valence-corrected chi connectivity index (χ0v) is 5.99. The zero-order valence-electron chi connectivity index (χ0n) is 5.99. The lowest BCUT2D eigenvalue weighted by molar-refractivity contribution is -0.590. The van der Waals surface area contributed by atoms with Crippen molar-refractivity contribution in [3.63, 3.8) is 0 Å². The van der Waals surface area contributed by atoms with Gasteiger partial charge in [0.05, 0.1) is 0 Å². The minimum Gasteiger partial charge on any atom is -0.387 e. The van der Waals surface area contributed by atoms with Crippen LogP contribution < -0.4 is 5.18 Å². The lowest BCUT2D eigenvalue weighted by Crippen LogP contribution is -2.78. The van der Waals surface area contributed by atoms with E-state index in [-0.39, 0.29) is 6.29 Å². The van der Waals surface area contributed by atoms with Gasteiger partial charge in [-0.15, -0.1) is 0 Å². The molecule has 5 N–H and O–H groups in total. The molecule has 7 heteroatoms. The van der Waals surface area contributed by atoms with Crippen LogP contribution in [0.5, 0.6) is 0 Å². The van der Waals surface area contributed by atoms with Crippen molar-refractivity contribution in [2.45, 2.75) is 24.5 Å². The van der Waals surface area contributed by atoms with E-state index < -0.39 is 24.5 Å². The highest BCUT2D eigenvalue weighted by Crippen LogP contribution is 1.98. The molecule has 0 spiro atoms. The summed E-state index contributed by atoms with van der Waals surface area (Å²) in [4.78, 5) is 19.6. The van der Waals surface area contributed by atoms with Crippen LogP contribution in [0.15, 0.2) is 0 Å². The van der Waals surface area contributed by atoms with Gasteiger partial charge in [-0.25, -0.2) is 0 Å². The monoisotopic (exact) mass is 180 g/mol. The van der Waals surface area contributed by atoms with Gasteiger partial charge in [-0.2, -0.15) is 0 Å². The SMILES string of the molecule is O=C[C@@H](O)[C@H](O)[C@@H](O)[C@H](O)[NH+]=O. The van der Waals surface area contributed by atoms with Gasteiger partial charge in [0.15, 0.2) is 12.4 Å². The Hall–Kier alpha value is -0.890. The Morgan fingerprint density at radius 2 is 1.58 bits per heavy atom. The molecule has 0 bridgehead atoms. The lowest BCUT2D eigenvalue weighted by Gasteiger charge is -2.16. The van der Waals surface area contributed by atoms with Gasteiger partial charge in [0.2, 0.25) is 0 Å². The third-order valence-corrected chi connectivity index (χ3v) is 1.28. The van der Waals surface area contributed by atoms with Crippen molar-refractivity contribution < 1.29 is 30.4 Å². The van der Waals surface area contributed by atoms with Crippen LogP contribution in [0.25, 0.3) is 0 Å². The van der Waals surface area contributed by atoms with E-state index >= 15 is 0 Å². The van der Waals surface area contributed by atoms with Crippen LogP contribution >= 0.6 is 0 Å². The molecule has 0 aliphatic rings. The molecule has 0 amide bonds. The van der Waals surface area contributed by atoms with Gasteiger partial charge in [0, 0.05) is 10.1 Å². The van der Waals surface area contributed by atoms with Gasteiger partial charge in [0.1, 0.15) is 12.2 Å². The molecule has 0 aromatic carbocycles. The number of hydrogen-bond acceptors (Lipinski definition) is 6. The third-order valence-electron chi connectivity index (χ3n) is 1.28. The molecule has 70 valence electrons. The Balaban J connectivity index is 4.16. The van der Waals surface area contributed by atoms with Crippen LogP contribution in [-0.4, -0.2) is 51.3 Å². The number of aliphatic hydroxyl groups is 4. The first-order valence-electron chi connectivity index (χ1n) is 3.09. The van der Waals surface area contributed by atoms with Crippen molar-refractivity contribution in [3.8, 4) is 0 Å². The molecule has 0 aromatic rings. The maximum atomic E-state index is 9.86. The molecule has 12 heavy (non-hydrogen) atoms. The smallest absolute Gasteiger partial charge is 0.328 e. The first-order valence-corrected chi connectivity index (χ1v) is 3.09. The van der Waals surface area contributed by atoms with Gasteiger partial charge in [-0.3, -0.25) is 0 Å². The number of hydrogen-bond donors (Lipinski definition) is 5. The summed E-state index contributed by atoms with van der Waals surface area (Å²) in [6.45, 7) is 0. The molecule has 0 radical (unpaired) electrons. The highest BCUT2D eigenvalue weighted by atomic mass is 16.4. The zero-order chi connectivity index (χ0) is 9.72. The molecule has 0 saturated heterocycles. The number of aliphatic hydroxyl groups excluding tert-OH is 4. The Morgan fingerprint density at radius 1 is 1.08 bits per heavy atom. The summed E-state index contributed by atoms with van der Waals surface area (Å²) in [6, 6.07) is 0. The molecule has 0 aromatic heterocycles. The van der Waals surface area contributed by atoms with E-state index in [9.17, 15) is 9.70 Å². The van der Waals surface area contributed by atoms with Gasteiger partial charge in [0.25, 0.3) is 0 Å². The van der Waals surface area contributed by atoms with Crippen molar-refractivity contribution >= 4 is 6.29 Å². The van der Waals surface area contributed by atoms with Crippen molar-refractivity contribution in [3.05, 3.63) is 4.91 Å². The summed E-state index contributed by atoms with van der Waals surface area (Å²) in [7, 11) is 0. The van der Waals surface area contributed by atoms with Crippen LogP contribution in [0, 0.1) is 4.91 Å². The molecule has 0 rings (SSSR count). The topological polar surface area (TPSA) is 129 Å². The minimum absolute atomic E-state index is 0.0224. The fourth-order valence-electron chi connectivity index (χ4n) is 0.539. The number of carbonyl (C=O) groups excluding carboxylic acids is 1. The molecule has 4 atom stereocenters. The molecular weight excluding hydrogens is 170 g/mol. The van der Waals surface area contributed by atoms with Crippen molar-refractivity contribution in [1.82, 2.24) is 0 Å². The predicted octanol–water partition coefficient (Wildman–Crippen LogP) is -4.57. The van der Waals surface area contributed by atoms with E-state index in [1.165, 1.54) is 0 Å². The average Bonchev–Trinajstić information content (AvgIpc) is 2.12. The van der Waals surface area contributed by atoms with Gasteiger partial charge in [-0.1, -0.05) is 0 Å². The van der Waals surface area contributed by atoms with Gasteiger partial charge in [-0.05, 0) is 0 Å². The summed E-state index contributed by atoms with van der Waals surface area (Å²) in [5.74, 6) is 0. The minimum atomic E-state index is -1.94. The fourth-order valence-corrected chi connectivity index (χ4v) is 0.539. The molecule has 0 heterocycles. The van der Waals surface area contributed by atoms with Crippen molar-refractivity contribution in [2.75, 3.05) is 0 Å². The number of nitroso groups, excluding NO2 is 1. The first kappa shape index (κ1) is 11.1. The summed E-state index contributed by atoms with van der Waals surface area (Å²) in [5, 5.41) is 35.8. The number of rotatable bonds is 5. The summed E-state index contributed by atoms with van der Waals surface area (Å²) in [5.41, 5.74) is 0. The molecule has 0 unspecified atom stereocenters. The van der Waals surface area contributed by atoms with E-state index in [4.69, 9.17) is 20.4 Å². The summed E-state index contributed by atoms with van der Waals surface area (Å²) in [6.07, 6.45) is -7.59. The van der Waals surface area contributed by atoms with Crippen molar-refractivity contribution in [2.24, 2.45) is 0 Å². The highest BCUT2D eigenvalue weighted by Gasteiger charge is 2.34. The Bertz CT molecular complexity index is 144. The number of nitrogens with one attached hydrogen (secondary N) is 1. The first-order chi connectivity index (χ1) is 5.54. The van der Waals surface area contributed by atoms with E-state index in [1.54, 1.807) is 0 Å². The Labute approximate surface area is 67.2 Å². The Morgan fingerprint density at radius 3 is 1.92 bits per heavy atom. The Kier molecular flexibility index (Phi) is 4.52. The van der Waals surface area contributed by atoms with Crippen LogP contribution in [0.3, 0.4) is 0 Å². The standard InChI is InChI=1S/C5H9NO6/c7-1-2(8)3(9)4(10)5(11)6-12/h1-5,8-11H/p+1/t2-,3+,4-,5+/m1/s1. The molecule has 0 aliphatic carbocycles. The fraction of sp³-hybridized carbons (Fsp3) is 0.800. The second-order valence-corrected chi connectivity index (χ2v) is 2.17. The van der Waals surface area contributed by atoms with E-state index in [1.807, 2.05) is 0 Å². The van der Waals surface area contributed by atoms with Crippen LogP contribution in [0.4, 0.5) is 0 Å². The second-order valence-electron chi connectivity index (χ2n) is 2.17. The maximum Gasteiger partial charge on any atom is 0.328 e. The number of carbonyl (C=O) groups is 1. The quantitative estimate of drug-likeness (QED) is 0.214. The second kappa shape index (κ2) is 4.88. The molecule has 0 aliphatic heterocycles. The molecular formula is C5H10NO6+. The van der Waals surface area contributed by atoms with E-state index in [0.717, 1.165) is 5.18 Å². The molecule has 0 fully saturated rings. The molecule has 7 nitrogen and oxygen atoms in total. The van der Waals surface area contributed by atoms with E-state index in [0.29, 0.717) is 0 Å². The van der Waals surface area contributed by atoms with Crippen LogP contribution in [-0.2, 0) is 4.79 Å². The summed E-state index contributed by atoms with van der Waals surface area (Å²) >= 11 is 0. The normalized spacial score (nSPS) is 20.7. The van der Waals surface area contributed by atoms with Crippen LogP contribution in [0.2, 0.25) is 0 Å². The molecule has 0 saturated carbocycles. The summed E-state index contributed by atoms with van der Waals surface area (Å²) < 4.78 is 0. The highest BCUT2D eigenvalue weighted by molar-refractivity contribution is 5.56. The number of aldehydes is 1. The average molecular weight is 180 g/mol. The third kappa shape index (κ3) is 2.62. The lowest BCUT2D eigenvalue weighted by atomic mass is 10.1. The maximum absolute atomic E-state index is 9.86.